The molecule has 0 unspecified atom stereocenters. The van der Waals surface area contributed by atoms with Crippen molar-refractivity contribution in [3.63, 3.8) is 0 Å². The zero-order chi connectivity index (χ0) is 14.4. The summed E-state index contributed by atoms with van der Waals surface area (Å²) < 4.78 is 29.0. The zero-order valence-corrected chi connectivity index (χ0v) is 11.6. The molecule has 0 saturated heterocycles. The molecule has 2 aromatic rings. The van der Waals surface area contributed by atoms with Crippen LogP contribution in [0, 0.1) is 12.7 Å². The van der Waals surface area contributed by atoms with Crippen molar-refractivity contribution in [3.8, 4) is 17.2 Å². The van der Waals surface area contributed by atoms with Crippen molar-refractivity contribution in [2.24, 2.45) is 0 Å². The molecule has 0 aliphatic rings. The smallest absolute Gasteiger partial charge is 0.161 e. The number of aryl methyl sites for hydroxylation is 1. The van der Waals surface area contributed by atoms with Crippen LogP contribution in [-0.4, -0.2) is 20.3 Å². The van der Waals surface area contributed by atoms with E-state index in [2.05, 4.69) is 0 Å². The molecule has 2 aromatic carbocycles. The first-order valence-electron chi connectivity index (χ1n) is 6.35. The molecular formula is C16H17FO3. The van der Waals surface area contributed by atoms with Crippen LogP contribution in [-0.2, 0) is 0 Å². The lowest BCUT2D eigenvalue weighted by Gasteiger charge is -2.12. The largest absolute Gasteiger partial charge is 0.493 e. The minimum Gasteiger partial charge on any atom is -0.493 e. The van der Waals surface area contributed by atoms with Crippen molar-refractivity contribution in [1.29, 1.82) is 0 Å². The van der Waals surface area contributed by atoms with Crippen molar-refractivity contribution >= 4 is 0 Å². The van der Waals surface area contributed by atoms with E-state index in [1.54, 1.807) is 19.2 Å². The van der Waals surface area contributed by atoms with Crippen LogP contribution in [0.1, 0.15) is 5.56 Å². The Hall–Kier alpha value is -2.23. The molecule has 2 rings (SSSR count). The Bertz CT molecular complexity index is 552. The van der Waals surface area contributed by atoms with Gasteiger partial charge in [0.2, 0.25) is 0 Å². The van der Waals surface area contributed by atoms with Gasteiger partial charge < -0.3 is 14.2 Å². The van der Waals surface area contributed by atoms with Gasteiger partial charge in [-0.1, -0.05) is 6.07 Å². The first kappa shape index (κ1) is 14.2. The summed E-state index contributed by atoms with van der Waals surface area (Å²) in [6.07, 6.45) is 0. The Morgan fingerprint density at radius 3 is 2.30 bits per heavy atom. The molecule has 0 heterocycles. The highest BCUT2D eigenvalue weighted by Gasteiger charge is 2.04. The fourth-order valence-electron chi connectivity index (χ4n) is 1.74. The molecule has 0 spiro atoms. The lowest BCUT2D eigenvalue weighted by Crippen LogP contribution is -2.09. The predicted molar refractivity (Wildman–Crippen MR) is 75.1 cm³/mol. The standard InChI is InChI=1S/C16H17FO3/c1-12-3-8-15(16(11-12)18-2)20-10-9-19-14-6-4-13(17)5-7-14/h3-8,11H,9-10H2,1-2H3. The van der Waals surface area contributed by atoms with Gasteiger partial charge in [-0.15, -0.1) is 0 Å². The third kappa shape index (κ3) is 3.88. The van der Waals surface area contributed by atoms with Crippen LogP contribution in [0.4, 0.5) is 4.39 Å². The van der Waals surface area contributed by atoms with E-state index >= 15 is 0 Å². The number of benzene rings is 2. The van der Waals surface area contributed by atoms with Gasteiger partial charge >= 0.3 is 0 Å². The van der Waals surface area contributed by atoms with Crippen LogP contribution in [0.5, 0.6) is 17.2 Å². The van der Waals surface area contributed by atoms with E-state index < -0.39 is 0 Å². The number of rotatable bonds is 6. The summed E-state index contributed by atoms with van der Waals surface area (Å²) in [5.41, 5.74) is 1.11. The lowest BCUT2D eigenvalue weighted by atomic mass is 10.2. The molecule has 4 heteroatoms. The Morgan fingerprint density at radius 2 is 1.60 bits per heavy atom. The van der Waals surface area contributed by atoms with Gasteiger partial charge in [0, 0.05) is 0 Å². The lowest BCUT2D eigenvalue weighted by molar-refractivity contribution is 0.211. The van der Waals surface area contributed by atoms with Gasteiger partial charge in [-0.3, -0.25) is 0 Å². The molecule has 0 N–H and O–H groups in total. The molecule has 0 saturated carbocycles. The summed E-state index contributed by atoms with van der Waals surface area (Å²) in [7, 11) is 1.61. The number of ether oxygens (including phenoxy) is 3. The highest BCUT2D eigenvalue weighted by molar-refractivity contribution is 5.42. The minimum absolute atomic E-state index is 0.280. The molecule has 0 radical (unpaired) electrons. The van der Waals surface area contributed by atoms with Crippen LogP contribution < -0.4 is 14.2 Å². The second-order valence-corrected chi connectivity index (χ2v) is 4.31. The number of halogens is 1. The molecule has 3 nitrogen and oxygen atoms in total. The van der Waals surface area contributed by atoms with E-state index in [1.807, 2.05) is 25.1 Å². The first-order chi connectivity index (χ1) is 9.69. The SMILES string of the molecule is COc1cc(C)ccc1OCCOc1ccc(F)cc1. The third-order valence-corrected chi connectivity index (χ3v) is 2.74. The Kier molecular flexibility index (Phi) is 4.82. The van der Waals surface area contributed by atoms with Crippen LogP contribution in [0.2, 0.25) is 0 Å². The van der Waals surface area contributed by atoms with Gasteiger partial charge in [0.1, 0.15) is 24.8 Å². The monoisotopic (exact) mass is 276 g/mol. The number of methoxy groups -OCH3 is 1. The van der Waals surface area contributed by atoms with E-state index in [0.717, 1.165) is 5.56 Å². The highest BCUT2D eigenvalue weighted by Crippen LogP contribution is 2.27. The summed E-state index contributed by atoms with van der Waals surface area (Å²) in [5.74, 6) is 1.72. The Morgan fingerprint density at radius 1 is 0.900 bits per heavy atom. The molecule has 0 aromatic heterocycles. The second-order valence-electron chi connectivity index (χ2n) is 4.31. The van der Waals surface area contributed by atoms with Gasteiger partial charge in [-0.25, -0.2) is 4.39 Å². The molecule has 0 aliphatic heterocycles. The van der Waals surface area contributed by atoms with Crippen molar-refractivity contribution < 1.29 is 18.6 Å². The maximum absolute atomic E-state index is 12.7. The van der Waals surface area contributed by atoms with Gasteiger partial charge in [0.05, 0.1) is 7.11 Å². The van der Waals surface area contributed by atoms with Crippen molar-refractivity contribution in [2.45, 2.75) is 6.92 Å². The molecule has 0 atom stereocenters. The van der Waals surface area contributed by atoms with E-state index in [1.165, 1.54) is 12.1 Å². The van der Waals surface area contributed by atoms with Crippen LogP contribution >= 0.6 is 0 Å². The van der Waals surface area contributed by atoms with E-state index in [9.17, 15) is 4.39 Å². The molecule has 0 aliphatic carbocycles. The quantitative estimate of drug-likeness (QED) is 0.754. The summed E-state index contributed by atoms with van der Waals surface area (Å²) in [5, 5.41) is 0. The predicted octanol–water partition coefficient (Wildman–Crippen LogP) is 3.60. The topological polar surface area (TPSA) is 27.7 Å². The van der Waals surface area contributed by atoms with E-state index in [-0.39, 0.29) is 5.82 Å². The number of hydrogen-bond acceptors (Lipinski definition) is 3. The average Bonchev–Trinajstić information content (AvgIpc) is 2.46. The summed E-state index contributed by atoms with van der Waals surface area (Å²) in [6, 6.07) is 11.6. The zero-order valence-electron chi connectivity index (χ0n) is 11.6. The molecule has 0 fully saturated rings. The summed E-state index contributed by atoms with van der Waals surface area (Å²) in [4.78, 5) is 0. The van der Waals surface area contributed by atoms with Crippen LogP contribution in [0.3, 0.4) is 0 Å². The van der Waals surface area contributed by atoms with Crippen LogP contribution in [0.25, 0.3) is 0 Å². The second kappa shape index (κ2) is 6.80. The van der Waals surface area contributed by atoms with Crippen LogP contribution in [0.15, 0.2) is 42.5 Å². The molecule has 0 amide bonds. The van der Waals surface area contributed by atoms with E-state index in [0.29, 0.717) is 30.5 Å². The molecule has 106 valence electrons. The maximum Gasteiger partial charge on any atom is 0.161 e. The molecular weight excluding hydrogens is 259 g/mol. The van der Waals surface area contributed by atoms with Gasteiger partial charge in [-0.2, -0.15) is 0 Å². The highest BCUT2D eigenvalue weighted by atomic mass is 19.1. The first-order valence-corrected chi connectivity index (χ1v) is 6.35. The van der Waals surface area contributed by atoms with E-state index in [4.69, 9.17) is 14.2 Å². The average molecular weight is 276 g/mol. The molecule has 0 bridgehead atoms. The van der Waals surface area contributed by atoms with Crippen molar-refractivity contribution in [1.82, 2.24) is 0 Å². The van der Waals surface area contributed by atoms with Crippen molar-refractivity contribution in [3.05, 3.63) is 53.8 Å². The number of hydrogen-bond donors (Lipinski definition) is 0. The Balaban J connectivity index is 1.82. The Labute approximate surface area is 117 Å². The van der Waals surface area contributed by atoms with Gasteiger partial charge in [0.15, 0.2) is 11.5 Å². The summed E-state index contributed by atoms with van der Waals surface area (Å²) in [6.45, 7) is 2.75. The fourth-order valence-corrected chi connectivity index (χ4v) is 1.74. The maximum atomic E-state index is 12.7. The van der Waals surface area contributed by atoms with Crippen molar-refractivity contribution in [2.75, 3.05) is 20.3 Å². The normalized spacial score (nSPS) is 10.2. The fraction of sp³-hybridized carbons (Fsp3) is 0.250. The minimum atomic E-state index is -0.280. The molecule has 20 heavy (non-hydrogen) atoms. The van der Waals surface area contributed by atoms with Gasteiger partial charge in [-0.05, 0) is 48.9 Å². The summed E-state index contributed by atoms with van der Waals surface area (Å²) >= 11 is 0. The third-order valence-electron chi connectivity index (χ3n) is 2.74. The van der Waals surface area contributed by atoms with Gasteiger partial charge in [0.25, 0.3) is 0 Å².